The van der Waals surface area contributed by atoms with Crippen LogP contribution in [0.5, 0.6) is 0 Å². The molecule has 0 radical (unpaired) electrons. The molecule has 1 saturated carbocycles. The first-order valence-corrected chi connectivity index (χ1v) is 6.32. The maximum atomic E-state index is 11.9. The van der Waals surface area contributed by atoms with Gasteiger partial charge in [-0.05, 0) is 41.9 Å². The monoisotopic (exact) mass is 231 g/mol. The van der Waals surface area contributed by atoms with Crippen LogP contribution >= 0.6 is 0 Å². The van der Waals surface area contributed by atoms with Gasteiger partial charge in [0.2, 0.25) is 0 Å². The van der Waals surface area contributed by atoms with E-state index in [1.54, 1.807) is 19.0 Å². The zero-order valence-electron chi connectivity index (χ0n) is 11.1. The van der Waals surface area contributed by atoms with Crippen LogP contribution < -0.4 is 0 Å². The highest BCUT2D eigenvalue weighted by Gasteiger charge is 2.40. The van der Waals surface area contributed by atoms with Crippen molar-refractivity contribution in [2.75, 3.05) is 14.1 Å². The Kier molecular flexibility index (Phi) is 3.23. The molecule has 2 rings (SSSR count). The van der Waals surface area contributed by atoms with Gasteiger partial charge in [-0.3, -0.25) is 4.79 Å². The van der Waals surface area contributed by atoms with E-state index in [0.29, 0.717) is 5.92 Å². The minimum atomic E-state index is 0.0913. The topological polar surface area (TPSA) is 20.3 Å². The summed E-state index contributed by atoms with van der Waals surface area (Å²) in [7, 11) is 3.59. The first-order chi connectivity index (χ1) is 8.00. The van der Waals surface area contributed by atoms with Crippen LogP contribution in [0.2, 0.25) is 0 Å². The molecule has 1 aliphatic carbocycles. The van der Waals surface area contributed by atoms with Crippen LogP contribution in [0.25, 0.3) is 0 Å². The average molecular weight is 231 g/mol. The van der Waals surface area contributed by atoms with Crippen LogP contribution in [0, 0.1) is 11.8 Å². The van der Waals surface area contributed by atoms with Crippen molar-refractivity contribution < 1.29 is 4.79 Å². The van der Waals surface area contributed by atoms with Crippen molar-refractivity contribution in [2.45, 2.75) is 26.2 Å². The Bertz CT molecular complexity index is 423. The van der Waals surface area contributed by atoms with Crippen molar-refractivity contribution in [2.24, 2.45) is 11.8 Å². The van der Waals surface area contributed by atoms with E-state index in [2.05, 4.69) is 26.0 Å². The predicted octanol–water partition coefficient (Wildman–Crippen LogP) is 3.15. The maximum Gasteiger partial charge on any atom is 0.253 e. The summed E-state index contributed by atoms with van der Waals surface area (Å²) < 4.78 is 0. The SMILES string of the molecule is CC(C)[C@H]1C[C@@H]1c1cccc(C(=O)N(C)C)c1. The van der Waals surface area contributed by atoms with Gasteiger partial charge in [0.25, 0.3) is 5.91 Å². The molecule has 0 heterocycles. The van der Waals surface area contributed by atoms with Crippen LogP contribution in [0.15, 0.2) is 24.3 Å². The van der Waals surface area contributed by atoms with E-state index in [9.17, 15) is 4.79 Å². The van der Waals surface area contributed by atoms with Gasteiger partial charge in [0, 0.05) is 19.7 Å². The molecule has 1 aromatic carbocycles. The highest BCUT2D eigenvalue weighted by Crippen LogP contribution is 2.51. The van der Waals surface area contributed by atoms with Crippen LogP contribution in [-0.4, -0.2) is 24.9 Å². The third-order valence-corrected chi connectivity index (χ3v) is 3.66. The molecule has 0 aliphatic heterocycles. The minimum absolute atomic E-state index is 0.0913. The highest BCUT2D eigenvalue weighted by molar-refractivity contribution is 5.94. The molecule has 92 valence electrons. The summed E-state index contributed by atoms with van der Waals surface area (Å²) in [5, 5.41) is 0. The normalized spacial score (nSPS) is 22.6. The molecule has 2 atom stereocenters. The molecule has 2 heteroatoms. The van der Waals surface area contributed by atoms with Gasteiger partial charge in [0.05, 0.1) is 0 Å². The Balaban J connectivity index is 2.16. The molecule has 0 saturated heterocycles. The van der Waals surface area contributed by atoms with E-state index in [1.165, 1.54) is 12.0 Å². The first kappa shape index (κ1) is 12.2. The smallest absolute Gasteiger partial charge is 0.253 e. The summed E-state index contributed by atoms with van der Waals surface area (Å²) in [4.78, 5) is 13.5. The summed E-state index contributed by atoms with van der Waals surface area (Å²) in [6, 6.07) is 8.12. The van der Waals surface area contributed by atoms with E-state index >= 15 is 0 Å². The third kappa shape index (κ3) is 2.51. The Hall–Kier alpha value is -1.31. The molecule has 0 bridgehead atoms. The number of carbonyl (C=O) groups excluding carboxylic acids is 1. The van der Waals surface area contributed by atoms with Crippen LogP contribution in [0.3, 0.4) is 0 Å². The van der Waals surface area contributed by atoms with Crippen molar-refractivity contribution in [3.05, 3.63) is 35.4 Å². The lowest BCUT2D eigenvalue weighted by atomic mass is 10.0. The van der Waals surface area contributed by atoms with E-state index in [4.69, 9.17) is 0 Å². The second-order valence-corrected chi connectivity index (χ2v) is 5.58. The highest BCUT2D eigenvalue weighted by atomic mass is 16.2. The van der Waals surface area contributed by atoms with Gasteiger partial charge in [-0.1, -0.05) is 26.0 Å². The number of nitrogens with zero attached hydrogens (tertiary/aromatic N) is 1. The molecule has 2 nitrogen and oxygen atoms in total. The average Bonchev–Trinajstić information content (AvgIpc) is 3.08. The quantitative estimate of drug-likeness (QED) is 0.782. The Labute approximate surface area is 104 Å². The van der Waals surface area contributed by atoms with Crippen molar-refractivity contribution in [1.82, 2.24) is 4.90 Å². The number of amides is 1. The van der Waals surface area contributed by atoms with Gasteiger partial charge in [0.15, 0.2) is 0 Å². The molecule has 17 heavy (non-hydrogen) atoms. The summed E-state index contributed by atoms with van der Waals surface area (Å²) >= 11 is 0. The molecule has 1 fully saturated rings. The van der Waals surface area contributed by atoms with Crippen molar-refractivity contribution >= 4 is 5.91 Å². The molecular weight excluding hydrogens is 210 g/mol. The number of hydrogen-bond donors (Lipinski definition) is 0. The molecule has 1 aromatic rings. The van der Waals surface area contributed by atoms with E-state index in [0.717, 1.165) is 17.4 Å². The van der Waals surface area contributed by atoms with Crippen LogP contribution in [-0.2, 0) is 0 Å². The fourth-order valence-electron chi connectivity index (χ4n) is 2.50. The molecule has 0 spiro atoms. The lowest BCUT2D eigenvalue weighted by Crippen LogP contribution is -2.21. The molecule has 0 aromatic heterocycles. The maximum absolute atomic E-state index is 11.9. The molecular formula is C15H21NO. The van der Waals surface area contributed by atoms with E-state index in [-0.39, 0.29) is 5.91 Å². The standard InChI is InChI=1S/C15H21NO/c1-10(2)13-9-14(13)11-6-5-7-12(8-11)15(17)16(3)4/h5-8,10,13-14H,9H2,1-4H3/t13-,14-/m1/s1. The lowest BCUT2D eigenvalue weighted by molar-refractivity contribution is 0.0827. The van der Waals surface area contributed by atoms with Crippen molar-refractivity contribution in [3.63, 3.8) is 0 Å². The zero-order chi connectivity index (χ0) is 12.6. The number of carbonyl (C=O) groups is 1. The van der Waals surface area contributed by atoms with E-state index in [1.807, 2.05) is 12.1 Å². The fraction of sp³-hybridized carbons (Fsp3) is 0.533. The summed E-state index contributed by atoms with van der Waals surface area (Å²) in [6.07, 6.45) is 1.28. The second kappa shape index (κ2) is 4.52. The third-order valence-electron chi connectivity index (χ3n) is 3.66. The Morgan fingerprint density at radius 3 is 2.59 bits per heavy atom. The predicted molar refractivity (Wildman–Crippen MR) is 70.1 cm³/mol. The van der Waals surface area contributed by atoms with Crippen molar-refractivity contribution in [1.29, 1.82) is 0 Å². The first-order valence-electron chi connectivity index (χ1n) is 6.32. The fourth-order valence-corrected chi connectivity index (χ4v) is 2.50. The largest absolute Gasteiger partial charge is 0.345 e. The van der Waals surface area contributed by atoms with Crippen molar-refractivity contribution in [3.8, 4) is 0 Å². The molecule has 0 unspecified atom stereocenters. The van der Waals surface area contributed by atoms with Crippen LogP contribution in [0.4, 0.5) is 0 Å². The van der Waals surface area contributed by atoms with Gasteiger partial charge < -0.3 is 4.90 Å². The summed E-state index contributed by atoms with van der Waals surface area (Å²) in [6.45, 7) is 4.55. The zero-order valence-corrected chi connectivity index (χ0v) is 11.1. The van der Waals surface area contributed by atoms with Gasteiger partial charge in [-0.25, -0.2) is 0 Å². The number of hydrogen-bond acceptors (Lipinski definition) is 1. The minimum Gasteiger partial charge on any atom is -0.345 e. The number of rotatable bonds is 3. The Morgan fingerprint density at radius 2 is 2.06 bits per heavy atom. The second-order valence-electron chi connectivity index (χ2n) is 5.58. The van der Waals surface area contributed by atoms with Crippen LogP contribution in [0.1, 0.15) is 42.1 Å². The van der Waals surface area contributed by atoms with Gasteiger partial charge in [-0.15, -0.1) is 0 Å². The molecule has 1 amide bonds. The lowest BCUT2D eigenvalue weighted by Gasteiger charge is -2.11. The summed E-state index contributed by atoms with van der Waals surface area (Å²) in [5.41, 5.74) is 2.14. The molecule has 1 aliphatic rings. The van der Waals surface area contributed by atoms with Gasteiger partial charge in [-0.2, -0.15) is 0 Å². The van der Waals surface area contributed by atoms with Gasteiger partial charge >= 0.3 is 0 Å². The number of benzene rings is 1. The van der Waals surface area contributed by atoms with Gasteiger partial charge in [0.1, 0.15) is 0 Å². The summed E-state index contributed by atoms with van der Waals surface area (Å²) in [5.74, 6) is 2.31. The molecule has 0 N–H and O–H groups in total. The Morgan fingerprint density at radius 1 is 1.35 bits per heavy atom. The van der Waals surface area contributed by atoms with E-state index < -0.39 is 0 Å².